The highest BCUT2D eigenvalue weighted by atomic mass is 32.1. The highest BCUT2D eigenvalue weighted by Gasteiger charge is 2.33. The third-order valence-electron chi connectivity index (χ3n) is 6.09. The van der Waals surface area contributed by atoms with Crippen molar-refractivity contribution < 1.29 is 23.8 Å². The van der Waals surface area contributed by atoms with Crippen molar-refractivity contribution in [1.82, 2.24) is 9.80 Å². The number of ether oxygens (including phenoxy) is 3. The molecule has 0 bridgehead atoms. The van der Waals surface area contributed by atoms with Gasteiger partial charge in [0.15, 0.2) is 0 Å². The predicted octanol–water partition coefficient (Wildman–Crippen LogP) is 3.89. The van der Waals surface area contributed by atoms with E-state index in [0.717, 1.165) is 17.7 Å². The molecular formula is C26H36N2O5S. The van der Waals surface area contributed by atoms with Gasteiger partial charge in [-0.2, -0.15) is 0 Å². The molecule has 7 nitrogen and oxygen atoms in total. The van der Waals surface area contributed by atoms with Crippen LogP contribution in [0, 0.1) is 0 Å². The Morgan fingerprint density at radius 3 is 2.59 bits per heavy atom. The van der Waals surface area contributed by atoms with E-state index < -0.39 is 0 Å². The fraction of sp³-hybridized carbons (Fsp3) is 0.538. The molecule has 1 aromatic heterocycles. The Kier molecular flexibility index (Phi) is 9.92. The zero-order valence-electron chi connectivity index (χ0n) is 20.6. The Labute approximate surface area is 206 Å². The average Bonchev–Trinajstić information content (AvgIpc) is 3.31. The van der Waals surface area contributed by atoms with Crippen molar-refractivity contribution in [2.75, 3.05) is 53.7 Å². The smallest absolute Gasteiger partial charge is 0.249 e. The van der Waals surface area contributed by atoms with E-state index in [4.69, 9.17) is 14.2 Å². The van der Waals surface area contributed by atoms with Crippen LogP contribution in [0.5, 0.6) is 5.75 Å². The number of methoxy groups -OCH3 is 2. The summed E-state index contributed by atoms with van der Waals surface area (Å²) >= 11 is 1.72. The van der Waals surface area contributed by atoms with Crippen LogP contribution in [0.1, 0.15) is 48.2 Å². The lowest BCUT2D eigenvalue weighted by Gasteiger charge is -2.37. The number of carbonyl (C=O) groups is 2. The molecular weight excluding hydrogens is 452 g/mol. The summed E-state index contributed by atoms with van der Waals surface area (Å²) in [5, 5.41) is 2.07. The Morgan fingerprint density at radius 1 is 1.15 bits per heavy atom. The van der Waals surface area contributed by atoms with E-state index in [0.29, 0.717) is 38.6 Å². The van der Waals surface area contributed by atoms with E-state index in [9.17, 15) is 9.59 Å². The van der Waals surface area contributed by atoms with Crippen LogP contribution in [0.25, 0.3) is 0 Å². The largest absolute Gasteiger partial charge is 0.491 e. The molecule has 0 radical (unpaired) electrons. The number of hydrogen-bond donors (Lipinski definition) is 0. The maximum absolute atomic E-state index is 13.4. The second-order valence-corrected chi connectivity index (χ2v) is 9.78. The number of fused-ring (bicyclic) bond motifs is 1. The van der Waals surface area contributed by atoms with Gasteiger partial charge in [0.1, 0.15) is 19.0 Å². The van der Waals surface area contributed by atoms with Gasteiger partial charge in [-0.05, 0) is 53.5 Å². The van der Waals surface area contributed by atoms with E-state index in [1.165, 1.54) is 17.6 Å². The summed E-state index contributed by atoms with van der Waals surface area (Å²) in [6, 6.07) is 10.0. The second-order valence-electron chi connectivity index (χ2n) is 8.78. The van der Waals surface area contributed by atoms with Gasteiger partial charge >= 0.3 is 0 Å². The Bertz CT molecular complexity index is 928. The minimum atomic E-state index is -0.196. The van der Waals surface area contributed by atoms with Crippen molar-refractivity contribution in [2.24, 2.45) is 0 Å². The van der Waals surface area contributed by atoms with Crippen molar-refractivity contribution in [2.45, 2.75) is 38.6 Å². The lowest BCUT2D eigenvalue weighted by molar-refractivity contribution is -0.144. The normalized spacial score (nSPS) is 15.3. The number of nitrogens with zero attached hydrogens (tertiary/aromatic N) is 2. The molecule has 0 N–H and O–H groups in total. The first-order valence-corrected chi connectivity index (χ1v) is 12.7. The number of hydrogen-bond acceptors (Lipinski definition) is 6. The molecule has 0 spiro atoms. The molecule has 1 aliphatic heterocycles. The molecule has 2 aromatic rings. The molecule has 34 heavy (non-hydrogen) atoms. The summed E-state index contributed by atoms with van der Waals surface area (Å²) in [4.78, 5) is 30.7. The van der Waals surface area contributed by atoms with Crippen molar-refractivity contribution in [3.05, 3.63) is 51.7 Å². The van der Waals surface area contributed by atoms with Crippen LogP contribution in [0.3, 0.4) is 0 Å². The van der Waals surface area contributed by atoms with Crippen LogP contribution in [0.2, 0.25) is 0 Å². The molecule has 3 rings (SSSR count). The fourth-order valence-corrected chi connectivity index (χ4v) is 5.09. The molecule has 0 unspecified atom stereocenters. The minimum Gasteiger partial charge on any atom is -0.491 e. The molecule has 2 heterocycles. The van der Waals surface area contributed by atoms with Crippen LogP contribution in [0.15, 0.2) is 35.7 Å². The van der Waals surface area contributed by atoms with Gasteiger partial charge in [0.2, 0.25) is 11.8 Å². The maximum atomic E-state index is 13.4. The van der Waals surface area contributed by atoms with Gasteiger partial charge in [-0.25, -0.2) is 0 Å². The Hall–Kier alpha value is -2.42. The predicted molar refractivity (Wildman–Crippen MR) is 133 cm³/mol. The zero-order chi connectivity index (χ0) is 24.5. The first-order valence-electron chi connectivity index (χ1n) is 11.8. The highest BCUT2D eigenvalue weighted by Crippen LogP contribution is 2.34. The zero-order valence-corrected chi connectivity index (χ0v) is 21.4. The molecule has 8 heteroatoms. The second kappa shape index (κ2) is 12.9. The lowest BCUT2D eigenvalue weighted by atomic mass is 10.00. The average molecular weight is 489 g/mol. The maximum Gasteiger partial charge on any atom is 0.249 e. The van der Waals surface area contributed by atoms with Gasteiger partial charge in [0.05, 0.1) is 12.6 Å². The van der Waals surface area contributed by atoms with Crippen molar-refractivity contribution in [1.29, 1.82) is 0 Å². The summed E-state index contributed by atoms with van der Waals surface area (Å²) in [5.74, 6) is 0.970. The number of benzene rings is 1. The SMILES string of the molecule is COCCCN(CC(=O)N1CCc2sccc2[C@H]1COc1ccc(C(C)C)cc1)C(=O)COC. The molecule has 0 saturated heterocycles. The fourth-order valence-electron chi connectivity index (χ4n) is 4.16. The molecule has 1 aliphatic rings. The molecule has 1 aromatic carbocycles. The monoisotopic (exact) mass is 488 g/mol. The van der Waals surface area contributed by atoms with E-state index in [2.05, 4.69) is 37.4 Å². The van der Waals surface area contributed by atoms with Crippen LogP contribution in [-0.4, -0.2) is 75.3 Å². The van der Waals surface area contributed by atoms with Crippen LogP contribution in [-0.2, 0) is 25.5 Å². The summed E-state index contributed by atoms with van der Waals surface area (Å²) in [6.45, 7) is 6.24. The minimum absolute atomic E-state index is 0.0188. The Morgan fingerprint density at radius 2 is 1.91 bits per heavy atom. The molecule has 0 aliphatic carbocycles. The first kappa shape index (κ1) is 26.2. The first-order chi connectivity index (χ1) is 16.4. The highest BCUT2D eigenvalue weighted by molar-refractivity contribution is 7.10. The van der Waals surface area contributed by atoms with E-state index in [1.54, 1.807) is 23.3 Å². The van der Waals surface area contributed by atoms with Crippen molar-refractivity contribution in [3.8, 4) is 5.75 Å². The number of rotatable bonds is 12. The van der Waals surface area contributed by atoms with Gasteiger partial charge in [-0.15, -0.1) is 11.3 Å². The van der Waals surface area contributed by atoms with Gasteiger partial charge in [-0.1, -0.05) is 26.0 Å². The lowest BCUT2D eigenvalue weighted by Crippen LogP contribution is -2.48. The third kappa shape index (κ3) is 6.81. The van der Waals surface area contributed by atoms with Crippen molar-refractivity contribution >= 4 is 23.2 Å². The summed E-state index contributed by atoms with van der Waals surface area (Å²) in [6.07, 6.45) is 1.47. The van der Waals surface area contributed by atoms with Gasteiger partial charge in [0, 0.05) is 38.8 Å². The van der Waals surface area contributed by atoms with Gasteiger partial charge in [0.25, 0.3) is 0 Å². The topological polar surface area (TPSA) is 68.3 Å². The van der Waals surface area contributed by atoms with Crippen LogP contribution >= 0.6 is 11.3 Å². The number of amides is 2. The molecule has 0 saturated carbocycles. The quantitative estimate of drug-likeness (QED) is 0.424. The Balaban J connectivity index is 1.72. The van der Waals surface area contributed by atoms with Crippen LogP contribution in [0.4, 0.5) is 0 Å². The molecule has 186 valence electrons. The standard InChI is InChI=1S/C26H36N2O5S/c1-19(2)20-6-8-21(9-7-20)33-17-23-22-11-15-34-24(22)10-13-28(23)25(29)16-27(12-5-14-31-3)26(30)18-32-4/h6-9,11,15,19,23H,5,10,12-14,16-18H2,1-4H3/t23-/m1/s1. The number of carbonyl (C=O) groups excluding carboxylic acids is 2. The summed E-state index contributed by atoms with van der Waals surface area (Å²) in [7, 11) is 3.11. The van der Waals surface area contributed by atoms with Crippen LogP contribution < -0.4 is 4.74 Å². The molecule has 2 amide bonds. The van der Waals surface area contributed by atoms with Crippen molar-refractivity contribution in [3.63, 3.8) is 0 Å². The van der Waals surface area contributed by atoms with E-state index >= 15 is 0 Å². The van der Waals surface area contributed by atoms with E-state index in [1.807, 2.05) is 17.0 Å². The summed E-state index contributed by atoms with van der Waals surface area (Å²) < 4.78 is 16.3. The van der Waals surface area contributed by atoms with E-state index in [-0.39, 0.29) is 31.0 Å². The number of thiophene rings is 1. The third-order valence-corrected chi connectivity index (χ3v) is 7.09. The summed E-state index contributed by atoms with van der Waals surface area (Å²) in [5.41, 5.74) is 2.40. The van der Waals surface area contributed by atoms with Gasteiger partial charge < -0.3 is 24.0 Å². The van der Waals surface area contributed by atoms with Gasteiger partial charge in [-0.3, -0.25) is 9.59 Å². The molecule has 0 fully saturated rings. The molecule has 1 atom stereocenters.